The first-order chi connectivity index (χ1) is 18.2. The molecule has 0 amide bonds. The minimum Gasteiger partial charge on any atom is -0.369 e. The van der Waals surface area contributed by atoms with E-state index in [1.807, 2.05) is 23.7 Å². The number of imidazole rings is 1. The average Bonchev–Trinajstić information content (AvgIpc) is 3.19. The van der Waals surface area contributed by atoms with Crippen molar-refractivity contribution in [1.82, 2.24) is 14.0 Å². The highest BCUT2D eigenvalue weighted by atomic mass is 15.3. The zero-order valence-corrected chi connectivity index (χ0v) is 21.3. The molecule has 1 aliphatic rings. The van der Waals surface area contributed by atoms with Gasteiger partial charge in [-0.2, -0.15) is 0 Å². The van der Waals surface area contributed by atoms with Gasteiger partial charge in [-0.1, -0.05) is 78.9 Å². The summed E-state index contributed by atoms with van der Waals surface area (Å²) in [6, 6.07) is 36.7. The molecule has 1 N–H and O–H groups in total. The van der Waals surface area contributed by atoms with E-state index in [4.69, 9.17) is 5.41 Å². The van der Waals surface area contributed by atoms with Crippen molar-refractivity contribution < 1.29 is 0 Å². The summed E-state index contributed by atoms with van der Waals surface area (Å²) in [5.41, 5.74) is 9.23. The number of benzene rings is 4. The van der Waals surface area contributed by atoms with Gasteiger partial charge < -0.3 is 14.0 Å². The third-order valence-electron chi connectivity index (χ3n) is 7.62. The molecule has 0 bridgehead atoms. The second kappa shape index (κ2) is 10.1. The third-order valence-corrected chi connectivity index (χ3v) is 7.62. The molecule has 37 heavy (non-hydrogen) atoms. The van der Waals surface area contributed by atoms with Crippen molar-refractivity contribution in [2.45, 2.75) is 13.1 Å². The number of nitrogens with one attached hydrogen (secondary N) is 1. The van der Waals surface area contributed by atoms with Crippen LogP contribution in [0.2, 0.25) is 0 Å². The third kappa shape index (κ3) is 4.70. The van der Waals surface area contributed by atoms with Crippen LogP contribution in [0.1, 0.15) is 11.1 Å². The van der Waals surface area contributed by atoms with Gasteiger partial charge in [0.05, 0.1) is 17.6 Å². The van der Waals surface area contributed by atoms with Crippen molar-refractivity contribution in [3.05, 3.63) is 120 Å². The molecular formula is C32H33N5. The number of rotatable bonds is 6. The van der Waals surface area contributed by atoms with Crippen molar-refractivity contribution in [3.8, 4) is 11.1 Å². The fraction of sp³-hybridized carbons (Fsp3) is 0.219. The van der Waals surface area contributed by atoms with Gasteiger partial charge in [0.1, 0.15) is 0 Å². The van der Waals surface area contributed by atoms with E-state index in [-0.39, 0.29) is 0 Å². The maximum absolute atomic E-state index is 8.55. The highest BCUT2D eigenvalue weighted by Crippen LogP contribution is 2.26. The number of piperazine rings is 1. The van der Waals surface area contributed by atoms with Gasteiger partial charge >= 0.3 is 0 Å². The molecule has 0 unspecified atom stereocenters. The van der Waals surface area contributed by atoms with Gasteiger partial charge in [-0.25, -0.2) is 0 Å². The van der Waals surface area contributed by atoms with Gasteiger partial charge in [0, 0.05) is 45.5 Å². The van der Waals surface area contributed by atoms with Gasteiger partial charge in [-0.15, -0.1) is 0 Å². The van der Waals surface area contributed by atoms with E-state index in [1.54, 1.807) is 0 Å². The Bertz CT molecular complexity index is 1550. The highest BCUT2D eigenvalue weighted by Gasteiger charge is 2.19. The molecule has 0 spiro atoms. The molecule has 4 aromatic carbocycles. The molecule has 186 valence electrons. The predicted octanol–water partition coefficient (Wildman–Crippen LogP) is 5.50. The van der Waals surface area contributed by atoms with E-state index in [0.29, 0.717) is 12.2 Å². The molecular weight excluding hydrogens is 454 g/mol. The lowest BCUT2D eigenvalue weighted by molar-refractivity contribution is 0.250. The first-order valence-corrected chi connectivity index (χ1v) is 13.1. The Hall–Kier alpha value is -4.09. The highest BCUT2D eigenvalue weighted by molar-refractivity contribution is 5.75. The van der Waals surface area contributed by atoms with Crippen LogP contribution in [0.3, 0.4) is 0 Å². The van der Waals surface area contributed by atoms with Crippen LogP contribution in [-0.2, 0) is 20.1 Å². The van der Waals surface area contributed by atoms with E-state index in [1.165, 1.54) is 27.9 Å². The van der Waals surface area contributed by atoms with Crippen LogP contribution in [0, 0.1) is 5.41 Å². The second-order valence-corrected chi connectivity index (χ2v) is 9.91. The molecule has 0 radical (unpaired) electrons. The standard InChI is InChI=1S/C32H33N5/c1-34-30-13-7-8-14-31(30)37(32(34)33)23-25-15-17-28(18-16-25)36-21-19-35(20-22-36)24-27-11-5-6-12-29(27)26-9-3-2-4-10-26/h2-18,33H,19-24H2,1H3. The van der Waals surface area contributed by atoms with E-state index in [9.17, 15) is 0 Å². The van der Waals surface area contributed by atoms with E-state index in [0.717, 1.165) is 43.8 Å². The Labute approximate surface area is 218 Å². The zero-order chi connectivity index (χ0) is 25.2. The SMILES string of the molecule is Cn1c(=N)n(Cc2ccc(N3CCN(Cc4ccccc4-c4ccccc4)CC3)cc2)c2ccccc21. The van der Waals surface area contributed by atoms with Crippen LogP contribution in [0.4, 0.5) is 5.69 Å². The average molecular weight is 488 g/mol. The fourth-order valence-electron chi connectivity index (χ4n) is 5.50. The molecule has 1 aromatic heterocycles. The normalized spacial score (nSPS) is 14.4. The van der Waals surface area contributed by atoms with E-state index in [2.05, 4.69) is 105 Å². The summed E-state index contributed by atoms with van der Waals surface area (Å²) in [4.78, 5) is 5.06. The number of anilines is 1. The summed E-state index contributed by atoms with van der Waals surface area (Å²) < 4.78 is 4.03. The molecule has 5 heteroatoms. The van der Waals surface area contributed by atoms with Crippen molar-refractivity contribution in [3.63, 3.8) is 0 Å². The van der Waals surface area contributed by atoms with Gasteiger partial charge in [-0.05, 0) is 46.5 Å². The number of para-hydroxylation sites is 2. The van der Waals surface area contributed by atoms with E-state index >= 15 is 0 Å². The lowest BCUT2D eigenvalue weighted by atomic mass is 9.99. The summed E-state index contributed by atoms with van der Waals surface area (Å²) in [6.07, 6.45) is 0. The molecule has 5 aromatic rings. The first kappa shape index (κ1) is 23.3. The lowest BCUT2D eigenvalue weighted by Crippen LogP contribution is -2.46. The van der Waals surface area contributed by atoms with Gasteiger partial charge in [-0.3, -0.25) is 10.3 Å². The number of nitrogens with zero attached hydrogens (tertiary/aromatic N) is 4. The maximum Gasteiger partial charge on any atom is 0.203 e. The molecule has 0 saturated carbocycles. The van der Waals surface area contributed by atoms with Crippen LogP contribution < -0.4 is 10.5 Å². The predicted molar refractivity (Wildman–Crippen MR) is 152 cm³/mol. The summed E-state index contributed by atoms with van der Waals surface area (Å²) in [7, 11) is 1.96. The summed E-state index contributed by atoms with van der Waals surface area (Å²) >= 11 is 0. The van der Waals surface area contributed by atoms with Crippen LogP contribution >= 0.6 is 0 Å². The van der Waals surface area contributed by atoms with Crippen LogP contribution in [0.15, 0.2) is 103 Å². The molecule has 1 aliphatic heterocycles. The Morgan fingerprint density at radius 3 is 2.05 bits per heavy atom. The van der Waals surface area contributed by atoms with Crippen molar-refractivity contribution in [2.75, 3.05) is 31.1 Å². The Morgan fingerprint density at radius 2 is 1.30 bits per heavy atom. The first-order valence-electron chi connectivity index (χ1n) is 13.1. The van der Waals surface area contributed by atoms with Gasteiger partial charge in [0.25, 0.3) is 0 Å². The monoisotopic (exact) mass is 487 g/mol. The van der Waals surface area contributed by atoms with Crippen molar-refractivity contribution in [2.24, 2.45) is 7.05 Å². The number of aromatic nitrogens is 2. The van der Waals surface area contributed by atoms with Gasteiger partial charge in [0.2, 0.25) is 5.62 Å². The lowest BCUT2D eigenvalue weighted by Gasteiger charge is -2.36. The second-order valence-electron chi connectivity index (χ2n) is 9.91. The Morgan fingerprint density at radius 1 is 0.649 bits per heavy atom. The minimum atomic E-state index is 0.523. The summed E-state index contributed by atoms with van der Waals surface area (Å²) in [5, 5.41) is 8.55. The van der Waals surface area contributed by atoms with Crippen LogP contribution in [0.25, 0.3) is 22.2 Å². The smallest absolute Gasteiger partial charge is 0.203 e. The topological polar surface area (TPSA) is 40.2 Å². The molecule has 6 rings (SSSR count). The fourth-order valence-corrected chi connectivity index (χ4v) is 5.50. The van der Waals surface area contributed by atoms with Crippen LogP contribution in [-0.4, -0.2) is 40.2 Å². The van der Waals surface area contributed by atoms with E-state index < -0.39 is 0 Å². The molecule has 0 atom stereocenters. The molecule has 1 fully saturated rings. The van der Waals surface area contributed by atoms with Crippen molar-refractivity contribution in [1.29, 1.82) is 5.41 Å². The Kier molecular flexibility index (Phi) is 6.37. The van der Waals surface area contributed by atoms with Gasteiger partial charge in [0.15, 0.2) is 0 Å². The number of aryl methyl sites for hydroxylation is 1. The number of fused-ring (bicyclic) bond motifs is 1. The minimum absolute atomic E-state index is 0.523. The molecule has 2 heterocycles. The summed E-state index contributed by atoms with van der Waals surface area (Å²) in [5.74, 6) is 0. The zero-order valence-electron chi connectivity index (χ0n) is 21.3. The Balaban J connectivity index is 1.10. The number of hydrogen-bond donors (Lipinski definition) is 1. The number of hydrogen-bond acceptors (Lipinski definition) is 3. The molecule has 1 saturated heterocycles. The summed E-state index contributed by atoms with van der Waals surface area (Å²) in [6.45, 7) is 5.85. The molecule has 5 nitrogen and oxygen atoms in total. The molecule has 0 aliphatic carbocycles. The largest absolute Gasteiger partial charge is 0.369 e. The quantitative estimate of drug-likeness (QED) is 0.344. The maximum atomic E-state index is 8.55. The van der Waals surface area contributed by atoms with Crippen LogP contribution in [0.5, 0.6) is 0 Å². The van der Waals surface area contributed by atoms with Crippen molar-refractivity contribution >= 4 is 16.7 Å².